The molecule has 0 saturated carbocycles. The molecule has 182 valence electrons. The fraction of sp³-hybridized carbons (Fsp3) is 0.478. The van der Waals surface area contributed by atoms with Gasteiger partial charge in [0.25, 0.3) is 0 Å². The molecule has 0 aliphatic carbocycles. The van der Waals surface area contributed by atoms with E-state index in [0.717, 1.165) is 36.7 Å². The molecule has 2 aromatic rings. The highest BCUT2D eigenvalue weighted by molar-refractivity contribution is 5.85. The highest BCUT2D eigenvalue weighted by Crippen LogP contribution is 2.50. The van der Waals surface area contributed by atoms with Crippen LogP contribution in [0.3, 0.4) is 0 Å². The Balaban J connectivity index is 0.00000306. The molecule has 10 heteroatoms. The van der Waals surface area contributed by atoms with Crippen molar-refractivity contribution in [2.75, 3.05) is 19.8 Å². The molecule has 2 aromatic carbocycles. The van der Waals surface area contributed by atoms with Crippen LogP contribution < -0.4 is 10.1 Å². The Morgan fingerprint density at radius 3 is 2.42 bits per heavy atom. The molecule has 2 fully saturated rings. The zero-order chi connectivity index (χ0) is 23.0. The zero-order valence-electron chi connectivity index (χ0n) is 17.5. The predicted molar refractivity (Wildman–Crippen MR) is 113 cm³/mol. The molecule has 2 aliphatic rings. The third kappa shape index (κ3) is 5.75. The van der Waals surface area contributed by atoms with Crippen LogP contribution in [0, 0.1) is 0 Å². The van der Waals surface area contributed by atoms with Gasteiger partial charge in [0.2, 0.25) is 0 Å². The summed E-state index contributed by atoms with van der Waals surface area (Å²) >= 11 is 0. The van der Waals surface area contributed by atoms with Crippen LogP contribution in [0.2, 0.25) is 0 Å². The van der Waals surface area contributed by atoms with E-state index in [4.69, 9.17) is 9.47 Å². The molecule has 4 rings (SSSR count). The third-order valence-electron chi connectivity index (χ3n) is 6.12. The van der Waals surface area contributed by atoms with Crippen LogP contribution >= 0.6 is 12.4 Å². The highest BCUT2D eigenvalue weighted by atomic mass is 35.5. The molecular weight excluding hydrogens is 472 g/mol. The second kappa shape index (κ2) is 9.72. The number of hydrogen-bond acceptors (Lipinski definition) is 3. The first-order valence-corrected chi connectivity index (χ1v) is 10.4. The molecule has 2 heterocycles. The van der Waals surface area contributed by atoms with Crippen LogP contribution in [0.4, 0.5) is 26.3 Å². The summed E-state index contributed by atoms with van der Waals surface area (Å²) in [6.07, 6.45) is -7.31. The molecular formula is C23H24ClF6NO2. The molecule has 0 aromatic heterocycles. The summed E-state index contributed by atoms with van der Waals surface area (Å²) in [5.74, 6) is -0.715. The second-order valence-corrected chi connectivity index (χ2v) is 8.33. The van der Waals surface area contributed by atoms with Crippen LogP contribution in [-0.4, -0.2) is 31.5 Å². The van der Waals surface area contributed by atoms with Crippen LogP contribution in [0.25, 0.3) is 0 Å². The minimum Gasteiger partial charge on any atom is -0.484 e. The maximum Gasteiger partial charge on any atom is 0.422 e. The number of alkyl halides is 6. The molecule has 2 saturated heterocycles. The topological polar surface area (TPSA) is 30.5 Å². The van der Waals surface area contributed by atoms with E-state index >= 15 is 0 Å². The Morgan fingerprint density at radius 1 is 1.03 bits per heavy atom. The summed E-state index contributed by atoms with van der Waals surface area (Å²) in [5, 5.41) is 3.45. The number of benzene rings is 2. The van der Waals surface area contributed by atoms with Crippen molar-refractivity contribution in [3.63, 3.8) is 0 Å². The Hall–Kier alpha value is -1.97. The lowest BCUT2D eigenvalue weighted by atomic mass is 9.76. The summed E-state index contributed by atoms with van der Waals surface area (Å²) in [6.45, 7) is -0.689. The normalized spacial score (nSPS) is 25.6. The fourth-order valence-corrected chi connectivity index (χ4v) is 4.74. The first-order chi connectivity index (χ1) is 15.1. The average Bonchev–Trinajstić information content (AvgIpc) is 3.16. The molecule has 0 unspecified atom stereocenters. The summed E-state index contributed by atoms with van der Waals surface area (Å²) in [7, 11) is 0. The van der Waals surface area contributed by atoms with Crippen molar-refractivity contribution in [3.8, 4) is 5.75 Å². The van der Waals surface area contributed by atoms with Crippen molar-refractivity contribution in [1.29, 1.82) is 0 Å². The van der Waals surface area contributed by atoms with Gasteiger partial charge in [-0.1, -0.05) is 30.3 Å². The van der Waals surface area contributed by atoms with Gasteiger partial charge in [0.1, 0.15) is 5.75 Å². The van der Waals surface area contributed by atoms with E-state index in [1.165, 1.54) is 0 Å². The van der Waals surface area contributed by atoms with Crippen LogP contribution in [-0.2, 0) is 10.9 Å². The number of hydrogen-bond donors (Lipinski definition) is 1. The quantitative estimate of drug-likeness (QED) is 0.495. The number of ether oxygens (including phenoxy) is 2. The Bertz CT molecular complexity index is 937. The smallest absolute Gasteiger partial charge is 0.422 e. The zero-order valence-corrected chi connectivity index (χ0v) is 18.3. The van der Waals surface area contributed by atoms with Crippen LogP contribution in [0.15, 0.2) is 48.5 Å². The summed E-state index contributed by atoms with van der Waals surface area (Å²) < 4.78 is 89.2. The lowest BCUT2D eigenvalue weighted by Gasteiger charge is -2.41. The van der Waals surface area contributed by atoms with Gasteiger partial charge in [-0.25, -0.2) is 0 Å². The number of rotatable bonds is 4. The fourth-order valence-electron chi connectivity index (χ4n) is 4.74. The monoisotopic (exact) mass is 495 g/mol. The average molecular weight is 496 g/mol. The maximum atomic E-state index is 13.3. The molecule has 3 nitrogen and oxygen atoms in total. The lowest BCUT2D eigenvalue weighted by Crippen LogP contribution is -2.48. The van der Waals surface area contributed by atoms with Crippen LogP contribution in [0.5, 0.6) is 5.75 Å². The van der Waals surface area contributed by atoms with E-state index in [2.05, 4.69) is 5.32 Å². The van der Waals surface area contributed by atoms with E-state index in [0.29, 0.717) is 12.8 Å². The van der Waals surface area contributed by atoms with Crippen molar-refractivity contribution in [1.82, 2.24) is 5.32 Å². The van der Waals surface area contributed by atoms with Gasteiger partial charge in [-0.2, -0.15) is 26.3 Å². The molecule has 0 amide bonds. The van der Waals surface area contributed by atoms with Gasteiger partial charge >= 0.3 is 12.4 Å². The summed E-state index contributed by atoms with van der Waals surface area (Å²) in [4.78, 5) is 0. The largest absolute Gasteiger partial charge is 0.484 e. The predicted octanol–water partition coefficient (Wildman–Crippen LogP) is 6.44. The Kier molecular flexibility index (Phi) is 7.55. The van der Waals surface area contributed by atoms with E-state index < -0.39 is 36.0 Å². The Labute approximate surface area is 193 Å². The van der Waals surface area contributed by atoms with Gasteiger partial charge in [0, 0.05) is 11.5 Å². The Morgan fingerprint density at radius 2 is 1.76 bits per heavy atom. The van der Waals surface area contributed by atoms with E-state index in [1.807, 2.05) is 30.3 Å². The molecule has 2 aliphatic heterocycles. The number of piperidine rings is 1. The van der Waals surface area contributed by atoms with E-state index in [9.17, 15) is 26.3 Å². The first kappa shape index (κ1) is 25.6. The van der Waals surface area contributed by atoms with E-state index in [1.54, 1.807) is 0 Å². The number of halogens is 7. The lowest BCUT2D eigenvalue weighted by molar-refractivity contribution is -0.153. The molecule has 1 N–H and O–H groups in total. The van der Waals surface area contributed by atoms with Gasteiger partial charge < -0.3 is 14.8 Å². The minimum absolute atomic E-state index is 0. The molecule has 3 atom stereocenters. The van der Waals surface area contributed by atoms with Gasteiger partial charge in [-0.15, -0.1) is 12.4 Å². The van der Waals surface area contributed by atoms with Gasteiger partial charge in [0.05, 0.1) is 23.8 Å². The van der Waals surface area contributed by atoms with E-state index in [-0.39, 0.29) is 36.4 Å². The standard InChI is InChI=1S/C23H23F6NO2.ClH/c24-22(25,26)14-31-19-8-7-17(23(27,28)29)11-18(19)16-12-21(32-13-16)9-4-10-30-20(21)15-5-2-1-3-6-15;/h1-3,5-8,11,16,20,30H,4,9-10,12-14H2;1H/t16-,20-,21+;/m0./s1. The summed E-state index contributed by atoms with van der Waals surface area (Å²) in [5.41, 5.74) is -0.474. The highest BCUT2D eigenvalue weighted by Gasteiger charge is 2.49. The molecule has 33 heavy (non-hydrogen) atoms. The molecule has 0 radical (unpaired) electrons. The SMILES string of the molecule is Cl.FC(F)(F)COc1ccc(C(F)(F)F)cc1[C@@H]1CO[C@]2(CCCN[C@H]2c2ccccc2)C1. The van der Waals surface area contributed by atoms with Gasteiger partial charge in [0.15, 0.2) is 6.61 Å². The minimum atomic E-state index is -4.62. The van der Waals surface area contributed by atoms with Crippen molar-refractivity contribution in [3.05, 3.63) is 65.2 Å². The van der Waals surface area contributed by atoms with Crippen molar-refractivity contribution < 1.29 is 35.8 Å². The third-order valence-corrected chi connectivity index (χ3v) is 6.12. The summed E-state index contributed by atoms with van der Waals surface area (Å²) in [6, 6.07) is 12.1. The molecule has 1 spiro atoms. The van der Waals surface area contributed by atoms with Crippen molar-refractivity contribution >= 4 is 12.4 Å². The van der Waals surface area contributed by atoms with Crippen molar-refractivity contribution in [2.45, 2.75) is 49.2 Å². The molecule has 0 bridgehead atoms. The van der Waals surface area contributed by atoms with Crippen molar-refractivity contribution in [2.24, 2.45) is 0 Å². The first-order valence-electron chi connectivity index (χ1n) is 10.4. The second-order valence-electron chi connectivity index (χ2n) is 8.33. The maximum absolute atomic E-state index is 13.3. The van der Waals surface area contributed by atoms with Gasteiger partial charge in [-0.05, 0) is 49.6 Å². The number of nitrogens with one attached hydrogen (secondary N) is 1. The van der Waals surface area contributed by atoms with Gasteiger partial charge in [-0.3, -0.25) is 0 Å². The van der Waals surface area contributed by atoms with Crippen LogP contribution in [0.1, 0.15) is 47.9 Å².